The van der Waals surface area contributed by atoms with E-state index < -0.39 is 6.10 Å². The molecule has 2 aliphatic heterocycles. The fourth-order valence-corrected chi connectivity index (χ4v) is 5.17. The fourth-order valence-electron chi connectivity index (χ4n) is 5.17. The summed E-state index contributed by atoms with van der Waals surface area (Å²) in [5.41, 5.74) is 0. The molecule has 3 aliphatic rings. The minimum absolute atomic E-state index is 0.107. The molecule has 3 fully saturated rings. The van der Waals surface area contributed by atoms with E-state index in [1.54, 1.807) is 0 Å². The van der Waals surface area contributed by atoms with E-state index in [1.165, 1.54) is 0 Å². The lowest BCUT2D eigenvalue weighted by Crippen LogP contribution is -2.32. The summed E-state index contributed by atoms with van der Waals surface area (Å²) in [6.07, 6.45) is 13.7. The van der Waals surface area contributed by atoms with Crippen LogP contribution in [-0.2, 0) is 23.7 Å². The van der Waals surface area contributed by atoms with Gasteiger partial charge >= 0.3 is 0 Å². The Morgan fingerprint density at radius 3 is 2.50 bits per heavy atom. The summed E-state index contributed by atoms with van der Waals surface area (Å²) in [4.78, 5) is 12.1. The van der Waals surface area contributed by atoms with E-state index in [0.29, 0.717) is 26.2 Å². The Morgan fingerprint density at radius 1 is 1.11 bits per heavy atom. The smallest absolute Gasteiger partial charge is 0.205 e. The third kappa shape index (κ3) is 7.89. The molecule has 1 aliphatic carbocycles. The molecule has 7 nitrogen and oxygen atoms in total. The molecular formula is C29H38O7. The maximum atomic E-state index is 12.1. The highest BCUT2D eigenvalue weighted by atomic mass is 16.7. The van der Waals surface area contributed by atoms with E-state index in [1.807, 2.05) is 42.5 Å². The van der Waals surface area contributed by atoms with Crippen molar-refractivity contribution in [2.45, 2.75) is 82.3 Å². The molecule has 7 heteroatoms. The van der Waals surface area contributed by atoms with E-state index in [0.717, 1.165) is 44.3 Å². The van der Waals surface area contributed by atoms with Crippen LogP contribution in [-0.4, -0.2) is 61.6 Å². The lowest BCUT2D eigenvalue weighted by atomic mass is 9.88. The average Bonchev–Trinajstić information content (AvgIpc) is 3.20. The first-order chi connectivity index (χ1) is 17.6. The van der Waals surface area contributed by atoms with Gasteiger partial charge in [-0.15, -0.1) is 6.42 Å². The molecule has 7 atom stereocenters. The van der Waals surface area contributed by atoms with Crippen LogP contribution in [0.5, 0.6) is 5.75 Å². The van der Waals surface area contributed by atoms with Crippen LogP contribution in [0, 0.1) is 24.2 Å². The summed E-state index contributed by atoms with van der Waals surface area (Å²) in [5, 5.41) is 10.8. The largest absolute Gasteiger partial charge is 0.491 e. The molecule has 1 aromatic carbocycles. The van der Waals surface area contributed by atoms with Crippen molar-refractivity contribution in [3.05, 3.63) is 42.5 Å². The van der Waals surface area contributed by atoms with Crippen LogP contribution in [0.2, 0.25) is 0 Å². The quantitative estimate of drug-likeness (QED) is 0.280. The molecule has 1 N–H and O–H groups in total. The first-order valence-corrected chi connectivity index (χ1v) is 13.2. The van der Waals surface area contributed by atoms with Crippen molar-refractivity contribution < 1.29 is 33.6 Å². The van der Waals surface area contributed by atoms with Crippen molar-refractivity contribution in [3.8, 4) is 18.1 Å². The summed E-state index contributed by atoms with van der Waals surface area (Å²) >= 11 is 0. The van der Waals surface area contributed by atoms with Crippen LogP contribution in [0.3, 0.4) is 0 Å². The Labute approximate surface area is 214 Å². The van der Waals surface area contributed by atoms with E-state index in [-0.39, 0.29) is 48.8 Å². The van der Waals surface area contributed by atoms with Gasteiger partial charge in [0.15, 0.2) is 12.6 Å². The second-order valence-corrected chi connectivity index (χ2v) is 9.77. The monoisotopic (exact) mass is 498 g/mol. The van der Waals surface area contributed by atoms with Crippen LogP contribution < -0.4 is 4.74 Å². The average molecular weight is 499 g/mol. The van der Waals surface area contributed by atoms with Gasteiger partial charge in [0.05, 0.1) is 12.2 Å². The maximum Gasteiger partial charge on any atom is 0.205 e. The van der Waals surface area contributed by atoms with E-state index in [9.17, 15) is 9.90 Å². The van der Waals surface area contributed by atoms with Crippen LogP contribution in [0.15, 0.2) is 42.5 Å². The molecule has 196 valence electrons. The molecule has 0 radical (unpaired) electrons. The molecule has 1 saturated carbocycles. The number of hydrogen-bond acceptors (Lipinski definition) is 7. The maximum absolute atomic E-state index is 12.1. The number of terminal acetylenes is 1. The second-order valence-electron chi connectivity index (χ2n) is 9.77. The predicted octanol–water partition coefficient (Wildman–Crippen LogP) is 4.03. The van der Waals surface area contributed by atoms with Gasteiger partial charge in [0.2, 0.25) is 5.78 Å². The predicted molar refractivity (Wildman–Crippen MR) is 134 cm³/mol. The first kappa shape index (κ1) is 26.8. The molecule has 0 aromatic heterocycles. The van der Waals surface area contributed by atoms with Crippen LogP contribution in [0.25, 0.3) is 0 Å². The van der Waals surface area contributed by atoms with Crippen molar-refractivity contribution in [2.24, 2.45) is 11.8 Å². The minimum Gasteiger partial charge on any atom is -0.491 e. The molecule has 1 aromatic rings. The van der Waals surface area contributed by atoms with Gasteiger partial charge in [-0.25, -0.2) is 0 Å². The van der Waals surface area contributed by atoms with Crippen LogP contribution >= 0.6 is 0 Å². The zero-order valence-corrected chi connectivity index (χ0v) is 20.8. The molecule has 2 heterocycles. The number of rotatable bonds is 11. The van der Waals surface area contributed by atoms with Gasteiger partial charge in [-0.2, -0.15) is 0 Å². The van der Waals surface area contributed by atoms with Crippen molar-refractivity contribution in [1.29, 1.82) is 0 Å². The van der Waals surface area contributed by atoms with Gasteiger partial charge < -0.3 is 28.8 Å². The number of benzene rings is 1. The number of carbonyl (C=O) groups is 1. The van der Waals surface area contributed by atoms with Gasteiger partial charge in [-0.05, 0) is 56.6 Å². The molecule has 4 rings (SSSR count). The Hall–Kier alpha value is -2.21. The second kappa shape index (κ2) is 13.9. The Kier molecular flexibility index (Phi) is 10.4. The lowest BCUT2D eigenvalue weighted by molar-refractivity contribution is -0.193. The molecule has 0 bridgehead atoms. The molecule has 2 saturated heterocycles. The summed E-state index contributed by atoms with van der Waals surface area (Å²) in [7, 11) is 0. The van der Waals surface area contributed by atoms with E-state index in [4.69, 9.17) is 30.1 Å². The number of ketones is 1. The summed E-state index contributed by atoms with van der Waals surface area (Å²) < 4.78 is 30.1. The van der Waals surface area contributed by atoms with Crippen molar-refractivity contribution in [1.82, 2.24) is 0 Å². The van der Waals surface area contributed by atoms with Crippen molar-refractivity contribution in [2.75, 3.05) is 19.8 Å². The third-order valence-electron chi connectivity index (χ3n) is 7.11. The number of aliphatic hydroxyl groups excluding tert-OH is 1. The zero-order valence-electron chi connectivity index (χ0n) is 20.8. The standard InChI is InChI=1S/C29H38O7/c1-2-21(30)18-25-24(27(19-26(25)31)36-29-13-7-9-17-33-29)15-14-23(35-28-12-6-8-16-32-28)20-34-22-10-4-3-5-11-22/h1,3-5,10-11,14-15,23-29,31H,6-9,12-13,16-20H2/b15-14+/t23-,24-,25-,26+,27-,28?,29?/m1/s1. The molecule has 2 unspecified atom stereocenters. The van der Waals surface area contributed by atoms with Gasteiger partial charge in [-0.3, -0.25) is 4.79 Å². The van der Waals surface area contributed by atoms with Gasteiger partial charge in [0, 0.05) is 37.9 Å². The number of aliphatic hydroxyl groups is 1. The number of carbonyl (C=O) groups excluding carboxylic acids is 1. The lowest BCUT2D eigenvalue weighted by Gasteiger charge is -2.29. The number of para-hydroxylation sites is 1. The third-order valence-corrected chi connectivity index (χ3v) is 7.11. The topological polar surface area (TPSA) is 83.5 Å². The molecule has 36 heavy (non-hydrogen) atoms. The Morgan fingerprint density at radius 2 is 1.83 bits per heavy atom. The van der Waals surface area contributed by atoms with Gasteiger partial charge in [-0.1, -0.05) is 30.4 Å². The SMILES string of the molecule is C#CC(=O)C[C@@H]1[C@@H](/C=C/[C@H](COc2ccccc2)OC2CCCCO2)[C@H](OC2CCCCO2)C[C@@H]1O. The minimum atomic E-state index is -0.688. The highest BCUT2D eigenvalue weighted by molar-refractivity contribution is 5.95. The number of ether oxygens (including phenoxy) is 5. The van der Waals surface area contributed by atoms with Crippen molar-refractivity contribution in [3.63, 3.8) is 0 Å². The van der Waals surface area contributed by atoms with E-state index in [2.05, 4.69) is 5.92 Å². The van der Waals surface area contributed by atoms with Crippen LogP contribution in [0.1, 0.15) is 51.4 Å². The fraction of sp³-hybridized carbons (Fsp3) is 0.621. The normalized spacial score (nSPS) is 31.7. The molecular weight excluding hydrogens is 460 g/mol. The Bertz CT molecular complexity index is 867. The van der Waals surface area contributed by atoms with Gasteiger partial charge in [0.1, 0.15) is 18.5 Å². The Balaban J connectivity index is 1.49. The molecule has 0 amide bonds. The first-order valence-electron chi connectivity index (χ1n) is 13.2. The van der Waals surface area contributed by atoms with Crippen LogP contribution in [0.4, 0.5) is 0 Å². The molecule has 0 spiro atoms. The van der Waals surface area contributed by atoms with Crippen molar-refractivity contribution >= 4 is 5.78 Å². The summed E-state index contributed by atoms with van der Waals surface area (Å²) in [6.45, 7) is 1.66. The highest BCUT2D eigenvalue weighted by Gasteiger charge is 2.44. The zero-order chi connectivity index (χ0) is 25.2. The van der Waals surface area contributed by atoms with E-state index >= 15 is 0 Å². The number of Topliss-reactive ketones (excluding diaryl/α,β-unsaturated/α-hetero) is 1. The van der Waals surface area contributed by atoms with Gasteiger partial charge in [0.25, 0.3) is 0 Å². The number of hydrogen-bond donors (Lipinski definition) is 1. The highest BCUT2D eigenvalue weighted by Crippen LogP contribution is 2.39. The summed E-state index contributed by atoms with van der Waals surface area (Å²) in [5.74, 6) is 2.08. The summed E-state index contributed by atoms with van der Waals surface area (Å²) in [6, 6.07) is 9.60.